The number of nitrogens with one attached hydrogen (secondary N) is 1. The smallest absolute Gasteiger partial charge is 0.199 e. The molecule has 0 saturated heterocycles. The summed E-state index contributed by atoms with van der Waals surface area (Å²) < 4.78 is 0. The monoisotopic (exact) mass is 128 g/mol. The van der Waals surface area contributed by atoms with Crippen LogP contribution in [-0.4, -0.2) is 19.4 Å². The summed E-state index contributed by atoms with van der Waals surface area (Å²) in [5.41, 5.74) is 0. The molecule has 0 aromatic rings. The number of hydrogen-bond acceptors (Lipinski definition) is 2. The van der Waals surface area contributed by atoms with E-state index in [0.717, 1.165) is 13.1 Å². The molecular weight excluding hydrogens is 114 g/mol. The third-order valence-corrected chi connectivity index (χ3v) is 0.956. The van der Waals surface area contributed by atoms with E-state index in [1.165, 1.54) is 0 Å². The van der Waals surface area contributed by atoms with Crippen molar-refractivity contribution in [2.75, 3.05) is 13.1 Å². The van der Waals surface area contributed by atoms with Gasteiger partial charge in [0.1, 0.15) is 0 Å². The Bertz CT molecular complexity index is 71.3. The van der Waals surface area contributed by atoms with Crippen molar-refractivity contribution in [3.8, 4) is 0 Å². The van der Waals surface area contributed by atoms with Crippen LogP contribution in [0.1, 0.15) is 20.3 Å². The van der Waals surface area contributed by atoms with E-state index in [4.69, 9.17) is 0 Å². The Balaban J connectivity index is 2.82. The molecule has 0 aromatic heterocycles. The van der Waals surface area contributed by atoms with Crippen molar-refractivity contribution in [1.82, 2.24) is 5.32 Å². The van der Waals surface area contributed by atoms with E-state index in [2.05, 4.69) is 19.2 Å². The fourth-order valence-electron chi connectivity index (χ4n) is 0.530. The summed E-state index contributed by atoms with van der Waals surface area (Å²) in [4.78, 5) is 9.68. The Labute approximate surface area is 56.6 Å². The maximum absolute atomic E-state index is 9.68. The lowest BCUT2D eigenvalue weighted by atomic mass is 10.2. The van der Waals surface area contributed by atoms with E-state index in [-0.39, 0.29) is 0 Å². The highest BCUT2D eigenvalue weighted by molar-refractivity contribution is 5.50. The summed E-state index contributed by atoms with van der Waals surface area (Å²) in [6.07, 6.45) is 2.34. The van der Waals surface area contributed by atoms with Gasteiger partial charge in [-0.1, -0.05) is 13.8 Å². The number of carbonyl (C=O) groups excluding carboxylic acids is 1. The highest BCUT2D eigenvalue weighted by Gasteiger charge is 1.90. The summed E-state index contributed by atoms with van der Waals surface area (Å²) >= 11 is 0. The summed E-state index contributed by atoms with van der Waals surface area (Å²) in [6, 6.07) is 0. The maximum Gasteiger partial charge on any atom is 0.199 e. The first-order valence-electron chi connectivity index (χ1n) is 3.33. The molecule has 0 aliphatic carbocycles. The van der Waals surface area contributed by atoms with E-state index in [1.807, 2.05) is 6.29 Å². The molecular formula is C7H14NO. The molecule has 0 bridgehead atoms. The number of hydrogen-bond donors (Lipinski definition) is 1. The molecule has 2 heteroatoms. The van der Waals surface area contributed by atoms with Crippen molar-refractivity contribution in [3.63, 3.8) is 0 Å². The maximum atomic E-state index is 9.68. The first kappa shape index (κ1) is 8.63. The van der Waals surface area contributed by atoms with Gasteiger partial charge in [-0.05, 0) is 12.5 Å². The van der Waals surface area contributed by atoms with E-state index in [9.17, 15) is 4.79 Å². The Morgan fingerprint density at radius 3 is 2.67 bits per heavy atom. The SMILES string of the molecule is CC(C)CNCC[C]=O. The van der Waals surface area contributed by atoms with E-state index < -0.39 is 0 Å². The predicted octanol–water partition coefficient (Wildman–Crippen LogP) is 0.732. The van der Waals surface area contributed by atoms with Gasteiger partial charge in [0.15, 0.2) is 6.29 Å². The van der Waals surface area contributed by atoms with Gasteiger partial charge in [0, 0.05) is 13.0 Å². The normalized spacial score (nSPS) is 10.1. The van der Waals surface area contributed by atoms with Crippen LogP contribution in [0.15, 0.2) is 0 Å². The molecule has 1 radical (unpaired) electrons. The third kappa shape index (κ3) is 7.63. The molecule has 53 valence electrons. The molecule has 0 aliphatic rings. The minimum absolute atomic E-state index is 0.507. The largest absolute Gasteiger partial charge is 0.316 e. The molecule has 2 nitrogen and oxygen atoms in total. The predicted molar refractivity (Wildman–Crippen MR) is 38.0 cm³/mol. The zero-order valence-corrected chi connectivity index (χ0v) is 6.11. The minimum Gasteiger partial charge on any atom is -0.316 e. The Hall–Kier alpha value is -0.370. The van der Waals surface area contributed by atoms with Gasteiger partial charge in [-0.3, -0.25) is 4.79 Å². The van der Waals surface area contributed by atoms with E-state index in [1.54, 1.807) is 0 Å². The quantitative estimate of drug-likeness (QED) is 0.553. The van der Waals surface area contributed by atoms with Crippen LogP contribution in [0.3, 0.4) is 0 Å². The van der Waals surface area contributed by atoms with Crippen LogP contribution in [-0.2, 0) is 4.79 Å². The zero-order valence-electron chi connectivity index (χ0n) is 6.11. The van der Waals surface area contributed by atoms with E-state index >= 15 is 0 Å². The molecule has 0 amide bonds. The van der Waals surface area contributed by atoms with Crippen LogP contribution in [0.25, 0.3) is 0 Å². The van der Waals surface area contributed by atoms with Crippen LogP contribution in [0.4, 0.5) is 0 Å². The van der Waals surface area contributed by atoms with Gasteiger partial charge in [0.05, 0.1) is 0 Å². The van der Waals surface area contributed by atoms with Gasteiger partial charge in [-0.2, -0.15) is 0 Å². The van der Waals surface area contributed by atoms with Gasteiger partial charge in [0.25, 0.3) is 0 Å². The van der Waals surface area contributed by atoms with Crippen molar-refractivity contribution >= 4 is 6.29 Å². The van der Waals surface area contributed by atoms with Crippen LogP contribution < -0.4 is 5.32 Å². The Kier molecular flexibility index (Phi) is 5.52. The van der Waals surface area contributed by atoms with Crippen molar-refractivity contribution in [3.05, 3.63) is 0 Å². The molecule has 0 aliphatic heterocycles. The first-order valence-corrected chi connectivity index (χ1v) is 3.33. The fraction of sp³-hybridized carbons (Fsp3) is 0.857. The molecule has 9 heavy (non-hydrogen) atoms. The van der Waals surface area contributed by atoms with Crippen molar-refractivity contribution in [1.29, 1.82) is 0 Å². The van der Waals surface area contributed by atoms with Crippen LogP contribution in [0, 0.1) is 5.92 Å². The second kappa shape index (κ2) is 5.76. The lowest BCUT2D eigenvalue weighted by molar-refractivity contribution is 0.532. The molecule has 0 saturated carbocycles. The van der Waals surface area contributed by atoms with Gasteiger partial charge in [-0.15, -0.1) is 0 Å². The third-order valence-electron chi connectivity index (χ3n) is 0.956. The molecule has 0 atom stereocenters. The van der Waals surface area contributed by atoms with Crippen LogP contribution in [0.2, 0.25) is 0 Å². The molecule has 0 spiro atoms. The van der Waals surface area contributed by atoms with Crippen molar-refractivity contribution in [2.24, 2.45) is 5.92 Å². The van der Waals surface area contributed by atoms with Crippen molar-refractivity contribution in [2.45, 2.75) is 20.3 Å². The first-order chi connectivity index (χ1) is 4.27. The van der Waals surface area contributed by atoms with Crippen LogP contribution in [0.5, 0.6) is 0 Å². The topological polar surface area (TPSA) is 29.1 Å². The van der Waals surface area contributed by atoms with Gasteiger partial charge < -0.3 is 5.32 Å². The van der Waals surface area contributed by atoms with E-state index in [0.29, 0.717) is 12.3 Å². The standard InChI is InChI=1S/C7H14NO/c1-7(2)6-8-4-3-5-9/h7-8H,3-4,6H2,1-2H3. The lowest BCUT2D eigenvalue weighted by Crippen LogP contribution is -2.20. The van der Waals surface area contributed by atoms with Gasteiger partial charge in [0.2, 0.25) is 0 Å². The average Bonchev–Trinajstić information content (AvgIpc) is 1.80. The molecule has 0 aromatic carbocycles. The lowest BCUT2D eigenvalue weighted by Gasteiger charge is -2.03. The highest BCUT2D eigenvalue weighted by Crippen LogP contribution is 1.85. The Morgan fingerprint density at radius 1 is 1.56 bits per heavy atom. The molecule has 0 unspecified atom stereocenters. The number of rotatable bonds is 5. The molecule has 0 fully saturated rings. The summed E-state index contributed by atoms with van der Waals surface area (Å²) in [6.45, 7) is 6.03. The minimum atomic E-state index is 0.507. The fourth-order valence-corrected chi connectivity index (χ4v) is 0.530. The molecule has 0 rings (SSSR count). The van der Waals surface area contributed by atoms with Crippen LogP contribution >= 0.6 is 0 Å². The summed E-state index contributed by atoms with van der Waals surface area (Å²) in [5, 5.41) is 3.12. The van der Waals surface area contributed by atoms with Crippen molar-refractivity contribution < 1.29 is 4.79 Å². The second-order valence-electron chi connectivity index (χ2n) is 2.49. The molecule has 1 N–H and O–H groups in total. The summed E-state index contributed by atoms with van der Waals surface area (Å²) in [7, 11) is 0. The Morgan fingerprint density at radius 2 is 2.22 bits per heavy atom. The summed E-state index contributed by atoms with van der Waals surface area (Å²) in [5.74, 6) is 0.664. The van der Waals surface area contributed by atoms with Gasteiger partial charge in [-0.25, -0.2) is 0 Å². The molecule has 0 heterocycles. The zero-order chi connectivity index (χ0) is 7.11. The highest BCUT2D eigenvalue weighted by atomic mass is 16.1. The average molecular weight is 128 g/mol. The van der Waals surface area contributed by atoms with Gasteiger partial charge >= 0.3 is 0 Å². The second-order valence-corrected chi connectivity index (χ2v) is 2.49.